The summed E-state index contributed by atoms with van der Waals surface area (Å²) in [6.07, 6.45) is 0. The summed E-state index contributed by atoms with van der Waals surface area (Å²) in [4.78, 5) is 4.47. The number of nitrogens with zero attached hydrogens (tertiary/aromatic N) is 4. The van der Waals surface area contributed by atoms with E-state index in [1.165, 1.54) is 0 Å². The number of H-pyrrole nitrogens is 1. The van der Waals surface area contributed by atoms with E-state index in [2.05, 4.69) is 49.9 Å². The highest BCUT2D eigenvalue weighted by molar-refractivity contribution is 5.80. The molecule has 0 amide bonds. The Morgan fingerprint density at radius 3 is 2.55 bits per heavy atom. The smallest absolute Gasteiger partial charge is 0.205 e. The number of benzene rings is 2. The van der Waals surface area contributed by atoms with Crippen LogP contribution >= 0.6 is 0 Å². The van der Waals surface area contributed by atoms with E-state index in [4.69, 9.17) is 10.5 Å². The summed E-state index contributed by atoms with van der Waals surface area (Å²) in [7, 11) is 0. The van der Waals surface area contributed by atoms with E-state index in [1.807, 2.05) is 44.2 Å². The first-order valence-corrected chi connectivity index (χ1v) is 9.38. The third kappa shape index (κ3) is 4.00. The number of ether oxygens (including phenoxy) is 1. The number of aromatic amines is 1. The van der Waals surface area contributed by atoms with Crippen LogP contribution in [0.2, 0.25) is 0 Å². The van der Waals surface area contributed by atoms with Gasteiger partial charge in [0.1, 0.15) is 12.4 Å². The highest BCUT2D eigenvalue weighted by Gasteiger charge is 2.14. The van der Waals surface area contributed by atoms with Crippen LogP contribution < -0.4 is 10.5 Å². The molecule has 4 aromatic rings. The monoisotopic (exact) mass is 386 g/mol. The lowest BCUT2D eigenvalue weighted by Gasteiger charge is -2.14. The van der Waals surface area contributed by atoms with Crippen LogP contribution in [0.15, 0.2) is 54.6 Å². The summed E-state index contributed by atoms with van der Waals surface area (Å²) < 4.78 is 6.11. The number of pyridine rings is 1. The van der Waals surface area contributed by atoms with Gasteiger partial charge in [0.2, 0.25) is 5.82 Å². The van der Waals surface area contributed by atoms with Gasteiger partial charge in [-0.1, -0.05) is 42.5 Å². The number of aromatic nitrogens is 5. The van der Waals surface area contributed by atoms with Crippen LogP contribution in [0.5, 0.6) is 5.75 Å². The zero-order valence-corrected chi connectivity index (χ0v) is 16.4. The molecule has 0 unspecified atom stereocenters. The maximum absolute atomic E-state index is 6.11. The van der Waals surface area contributed by atoms with Gasteiger partial charge >= 0.3 is 0 Å². The number of nitrogens with one attached hydrogen (secondary N) is 1. The van der Waals surface area contributed by atoms with Crippen molar-refractivity contribution in [2.24, 2.45) is 5.73 Å². The standard InChI is InChI=1S/C22H22N6O/c1-14-10-21(20(12-23)15(2)24-14)29-13-16-8-9-18(17-6-4-3-5-7-17)19(11-16)22-25-27-28-26-22/h3-11H,12-13,23H2,1-2H3,(H,25,26,27,28). The molecule has 0 bridgehead atoms. The molecule has 3 N–H and O–H groups in total. The lowest BCUT2D eigenvalue weighted by molar-refractivity contribution is 0.302. The fraction of sp³-hybridized carbons (Fsp3) is 0.182. The Bertz CT molecular complexity index is 1110. The van der Waals surface area contributed by atoms with Crippen molar-refractivity contribution in [1.29, 1.82) is 0 Å². The molecule has 7 nitrogen and oxygen atoms in total. The van der Waals surface area contributed by atoms with E-state index >= 15 is 0 Å². The quantitative estimate of drug-likeness (QED) is 0.525. The molecule has 0 aliphatic carbocycles. The van der Waals surface area contributed by atoms with E-state index in [9.17, 15) is 0 Å². The Labute approximate surface area is 169 Å². The Morgan fingerprint density at radius 2 is 1.83 bits per heavy atom. The van der Waals surface area contributed by atoms with Gasteiger partial charge in [0.25, 0.3) is 0 Å². The van der Waals surface area contributed by atoms with Crippen molar-refractivity contribution in [3.05, 3.63) is 77.1 Å². The largest absolute Gasteiger partial charge is 0.488 e. The van der Waals surface area contributed by atoms with Gasteiger partial charge < -0.3 is 10.5 Å². The van der Waals surface area contributed by atoms with Gasteiger partial charge in [0.05, 0.1) is 0 Å². The first-order valence-electron chi connectivity index (χ1n) is 9.38. The van der Waals surface area contributed by atoms with E-state index in [-0.39, 0.29) is 0 Å². The number of nitrogens with two attached hydrogens (primary N) is 1. The molecule has 0 aliphatic heterocycles. The second-order valence-electron chi connectivity index (χ2n) is 6.80. The van der Waals surface area contributed by atoms with Gasteiger partial charge in [0, 0.05) is 35.1 Å². The Morgan fingerprint density at radius 1 is 1.00 bits per heavy atom. The van der Waals surface area contributed by atoms with Gasteiger partial charge in [-0.2, -0.15) is 5.21 Å². The van der Waals surface area contributed by atoms with Crippen LogP contribution in [0.3, 0.4) is 0 Å². The Kier molecular flexibility index (Phi) is 5.31. The van der Waals surface area contributed by atoms with Crippen molar-refractivity contribution >= 4 is 0 Å². The van der Waals surface area contributed by atoms with Crippen LogP contribution in [-0.2, 0) is 13.2 Å². The molecule has 0 saturated heterocycles. The second kappa shape index (κ2) is 8.20. The lowest BCUT2D eigenvalue weighted by Crippen LogP contribution is -2.07. The summed E-state index contributed by atoms with van der Waals surface area (Å²) in [5, 5.41) is 14.6. The zero-order valence-electron chi connectivity index (χ0n) is 16.4. The molecule has 146 valence electrons. The number of tetrazole rings is 1. The zero-order chi connectivity index (χ0) is 20.2. The molecule has 4 rings (SSSR count). The van der Waals surface area contributed by atoms with Gasteiger partial charge in [-0.15, -0.1) is 10.2 Å². The van der Waals surface area contributed by atoms with E-state index in [0.717, 1.165) is 45.0 Å². The number of rotatable bonds is 6. The molecule has 2 aromatic heterocycles. The van der Waals surface area contributed by atoms with Gasteiger partial charge in [-0.05, 0) is 41.8 Å². The van der Waals surface area contributed by atoms with Crippen LogP contribution in [0.25, 0.3) is 22.5 Å². The van der Waals surface area contributed by atoms with Crippen LogP contribution in [-0.4, -0.2) is 25.6 Å². The molecule has 0 radical (unpaired) electrons. The highest BCUT2D eigenvalue weighted by atomic mass is 16.5. The topological polar surface area (TPSA) is 103 Å². The van der Waals surface area contributed by atoms with Gasteiger partial charge in [0.15, 0.2) is 0 Å². The van der Waals surface area contributed by atoms with E-state index < -0.39 is 0 Å². The molecule has 0 saturated carbocycles. The molecule has 0 aliphatic rings. The minimum absolute atomic E-state index is 0.384. The summed E-state index contributed by atoms with van der Waals surface area (Å²) in [6, 6.07) is 18.2. The van der Waals surface area contributed by atoms with Gasteiger partial charge in [-0.3, -0.25) is 4.98 Å². The molecular formula is C22H22N6O. The SMILES string of the molecule is Cc1cc(OCc2ccc(-c3ccccc3)c(-c3nn[nH]n3)c2)c(CN)c(C)n1. The van der Waals surface area contributed by atoms with Crippen molar-refractivity contribution in [3.63, 3.8) is 0 Å². The predicted octanol–water partition coefficient (Wildman–Crippen LogP) is 3.58. The minimum atomic E-state index is 0.384. The normalized spacial score (nSPS) is 10.9. The summed E-state index contributed by atoms with van der Waals surface area (Å²) in [5.41, 5.74) is 12.6. The Hall–Kier alpha value is -3.58. The summed E-state index contributed by atoms with van der Waals surface area (Å²) in [5.74, 6) is 1.31. The third-order valence-electron chi connectivity index (χ3n) is 4.77. The fourth-order valence-electron chi connectivity index (χ4n) is 3.37. The molecule has 2 aromatic carbocycles. The fourth-order valence-corrected chi connectivity index (χ4v) is 3.37. The average Bonchev–Trinajstić information content (AvgIpc) is 3.27. The maximum atomic E-state index is 6.11. The molecule has 0 fully saturated rings. The number of aryl methyl sites for hydroxylation is 2. The molecule has 0 spiro atoms. The van der Waals surface area contributed by atoms with Crippen LogP contribution in [0.4, 0.5) is 0 Å². The molecule has 0 atom stereocenters. The molecule has 2 heterocycles. The molecular weight excluding hydrogens is 364 g/mol. The van der Waals surface area contributed by atoms with Crippen molar-refractivity contribution in [2.45, 2.75) is 27.0 Å². The minimum Gasteiger partial charge on any atom is -0.488 e. The van der Waals surface area contributed by atoms with Crippen molar-refractivity contribution < 1.29 is 4.74 Å². The van der Waals surface area contributed by atoms with E-state index in [0.29, 0.717) is 19.0 Å². The predicted molar refractivity (Wildman–Crippen MR) is 111 cm³/mol. The first-order chi connectivity index (χ1) is 14.2. The van der Waals surface area contributed by atoms with Crippen LogP contribution in [0, 0.1) is 13.8 Å². The first kappa shape index (κ1) is 18.8. The lowest BCUT2D eigenvalue weighted by atomic mass is 9.97. The van der Waals surface area contributed by atoms with Crippen molar-refractivity contribution in [2.75, 3.05) is 0 Å². The average molecular weight is 386 g/mol. The van der Waals surface area contributed by atoms with Crippen LogP contribution in [0.1, 0.15) is 22.5 Å². The molecule has 7 heteroatoms. The number of hydrogen-bond donors (Lipinski definition) is 2. The summed E-state index contributed by atoms with van der Waals surface area (Å²) in [6.45, 7) is 4.68. The van der Waals surface area contributed by atoms with Crippen molar-refractivity contribution in [1.82, 2.24) is 25.6 Å². The van der Waals surface area contributed by atoms with Gasteiger partial charge in [-0.25, -0.2) is 0 Å². The third-order valence-corrected chi connectivity index (χ3v) is 4.77. The highest BCUT2D eigenvalue weighted by Crippen LogP contribution is 2.31. The van der Waals surface area contributed by atoms with E-state index in [1.54, 1.807) is 0 Å². The maximum Gasteiger partial charge on any atom is 0.205 e. The Balaban J connectivity index is 1.67. The number of hydrogen-bond acceptors (Lipinski definition) is 6. The summed E-state index contributed by atoms with van der Waals surface area (Å²) >= 11 is 0. The van der Waals surface area contributed by atoms with Crippen molar-refractivity contribution in [3.8, 4) is 28.3 Å². The second-order valence-corrected chi connectivity index (χ2v) is 6.80. The molecule has 29 heavy (non-hydrogen) atoms.